The molecule has 2 aliphatic carbocycles. The highest BCUT2D eigenvalue weighted by Crippen LogP contribution is 2.66. The number of hydrogen-bond donors (Lipinski definition) is 1. The van der Waals surface area contributed by atoms with Crippen LogP contribution in [0.2, 0.25) is 0 Å². The Kier molecular flexibility index (Phi) is 4.05. The zero-order valence-corrected chi connectivity index (χ0v) is 12.6. The Balaban J connectivity index is 2.02. The molecular formula is C15H29NO2. The zero-order valence-electron chi connectivity index (χ0n) is 12.6. The van der Waals surface area contributed by atoms with Gasteiger partial charge in [0, 0.05) is 13.7 Å². The van der Waals surface area contributed by atoms with E-state index in [4.69, 9.17) is 9.47 Å². The lowest BCUT2D eigenvalue weighted by Gasteiger charge is -2.40. The van der Waals surface area contributed by atoms with Crippen LogP contribution in [0, 0.1) is 16.7 Å². The van der Waals surface area contributed by atoms with Gasteiger partial charge in [0.25, 0.3) is 0 Å². The van der Waals surface area contributed by atoms with E-state index in [0.717, 1.165) is 12.5 Å². The van der Waals surface area contributed by atoms with Gasteiger partial charge in [0.1, 0.15) is 0 Å². The molecule has 0 aromatic carbocycles. The number of ether oxygens (including phenoxy) is 2. The van der Waals surface area contributed by atoms with Gasteiger partial charge in [-0.15, -0.1) is 0 Å². The third-order valence-electron chi connectivity index (χ3n) is 5.86. The molecule has 106 valence electrons. The normalized spacial score (nSPS) is 39.2. The SMILES string of the molecule is CNCC(COC)OC1CC2CCC1(C)C2(C)C. The molecule has 0 radical (unpaired) electrons. The van der Waals surface area contributed by atoms with Crippen molar-refractivity contribution >= 4 is 0 Å². The first-order valence-corrected chi connectivity index (χ1v) is 7.24. The van der Waals surface area contributed by atoms with Gasteiger partial charge in [-0.1, -0.05) is 20.8 Å². The van der Waals surface area contributed by atoms with Gasteiger partial charge in [0.05, 0.1) is 18.8 Å². The van der Waals surface area contributed by atoms with Crippen molar-refractivity contribution < 1.29 is 9.47 Å². The molecule has 4 atom stereocenters. The van der Waals surface area contributed by atoms with Crippen LogP contribution < -0.4 is 5.32 Å². The van der Waals surface area contributed by atoms with Crippen molar-refractivity contribution in [1.82, 2.24) is 5.32 Å². The summed E-state index contributed by atoms with van der Waals surface area (Å²) in [5, 5.41) is 3.20. The van der Waals surface area contributed by atoms with Gasteiger partial charge in [0.15, 0.2) is 0 Å². The van der Waals surface area contributed by atoms with E-state index in [9.17, 15) is 0 Å². The molecule has 4 unspecified atom stereocenters. The lowest BCUT2D eigenvalue weighted by Crippen LogP contribution is -2.42. The van der Waals surface area contributed by atoms with Crippen LogP contribution in [0.25, 0.3) is 0 Å². The molecule has 0 aromatic heterocycles. The number of nitrogens with one attached hydrogen (secondary N) is 1. The minimum atomic E-state index is 0.178. The Bertz CT molecular complexity index is 286. The predicted molar refractivity (Wildman–Crippen MR) is 73.7 cm³/mol. The van der Waals surface area contributed by atoms with Gasteiger partial charge in [-0.3, -0.25) is 0 Å². The maximum absolute atomic E-state index is 6.38. The second-order valence-corrected chi connectivity index (χ2v) is 6.87. The summed E-state index contributed by atoms with van der Waals surface area (Å²) in [6.45, 7) is 8.83. The maximum atomic E-state index is 6.38. The highest BCUT2D eigenvalue weighted by Gasteiger charge is 2.62. The van der Waals surface area contributed by atoms with Gasteiger partial charge in [-0.05, 0) is 43.1 Å². The molecule has 0 aliphatic heterocycles. The highest BCUT2D eigenvalue weighted by atomic mass is 16.5. The predicted octanol–water partition coefficient (Wildman–Crippen LogP) is 2.45. The topological polar surface area (TPSA) is 30.5 Å². The molecule has 2 rings (SSSR count). The standard InChI is InChI=1S/C15H29NO2/c1-14(2)11-6-7-15(14,3)13(8-11)18-12(9-16-4)10-17-5/h11-13,16H,6-10H2,1-5H3. The molecule has 0 heterocycles. The molecule has 2 aliphatic rings. The number of likely N-dealkylation sites (N-methyl/N-ethyl adjacent to an activating group) is 1. The summed E-state index contributed by atoms with van der Waals surface area (Å²) in [7, 11) is 3.72. The van der Waals surface area contributed by atoms with Crippen LogP contribution in [0.3, 0.4) is 0 Å². The van der Waals surface area contributed by atoms with Crippen molar-refractivity contribution in [2.24, 2.45) is 16.7 Å². The summed E-state index contributed by atoms with van der Waals surface area (Å²) in [4.78, 5) is 0. The number of methoxy groups -OCH3 is 1. The molecule has 2 bridgehead atoms. The van der Waals surface area contributed by atoms with E-state index in [1.165, 1.54) is 19.3 Å². The van der Waals surface area contributed by atoms with Crippen LogP contribution >= 0.6 is 0 Å². The Morgan fingerprint density at radius 3 is 2.50 bits per heavy atom. The molecule has 0 saturated heterocycles. The minimum Gasteiger partial charge on any atom is -0.382 e. The average molecular weight is 255 g/mol. The van der Waals surface area contributed by atoms with Crippen molar-refractivity contribution in [3.05, 3.63) is 0 Å². The fraction of sp³-hybridized carbons (Fsp3) is 1.00. The van der Waals surface area contributed by atoms with Crippen LogP contribution in [-0.4, -0.2) is 39.5 Å². The molecule has 3 heteroatoms. The van der Waals surface area contributed by atoms with E-state index in [2.05, 4.69) is 26.1 Å². The molecule has 0 aromatic rings. The van der Waals surface area contributed by atoms with E-state index in [0.29, 0.717) is 23.5 Å². The van der Waals surface area contributed by atoms with E-state index in [-0.39, 0.29) is 6.10 Å². The van der Waals surface area contributed by atoms with Gasteiger partial charge >= 0.3 is 0 Å². The number of hydrogen-bond acceptors (Lipinski definition) is 3. The Hall–Kier alpha value is -0.120. The molecule has 0 spiro atoms. The summed E-state index contributed by atoms with van der Waals surface area (Å²) in [6.07, 6.45) is 4.50. The van der Waals surface area contributed by atoms with Gasteiger partial charge in [-0.25, -0.2) is 0 Å². The molecular weight excluding hydrogens is 226 g/mol. The molecule has 18 heavy (non-hydrogen) atoms. The van der Waals surface area contributed by atoms with Crippen LogP contribution in [0.5, 0.6) is 0 Å². The third kappa shape index (κ3) is 2.10. The molecule has 2 fully saturated rings. The monoisotopic (exact) mass is 255 g/mol. The summed E-state index contributed by atoms with van der Waals surface area (Å²) >= 11 is 0. The van der Waals surface area contributed by atoms with Crippen molar-refractivity contribution in [1.29, 1.82) is 0 Å². The number of rotatable bonds is 6. The Morgan fingerprint density at radius 2 is 2.06 bits per heavy atom. The van der Waals surface area contributed by atoms with Crippen molar-refractivity contribution in [2.45, 2.75) is 52.2 Å². The van der Waals surface area contributed by atoms with Crippen molar-refractivity contribution in [2.75, 3.05) is 27.3 Å². The van der Waals surface area contributed by atoms with Crippen molar-refractivity contribution in [3.8, 4) is 0 Å². The highest BCUT2D eigenvalue weighted by molar-refractivity contribution is 5.11. The van der Waals surface area contributed by atoms with E-state index in [1.807, 2.05) is 7.05 Å². The fourth-order valence-electron chi connectivity index (χ4n) is 4.13. The van der Waals surface area contributed by atoms with Gasteiger partial charge < -0.3 is 14.8 Å². The molecule has 2 saturated carbocycles. The summed E-state index contributed by atoms with van der Waals surface area (Å²) < 4.78 is 11.6. The van der Waals surface area contributed by atoms with Crippen molar-refractivity contribution in [3.63, 3.8) is 0 Å². The van der Waals surface area contributed by atoms with E-state index < -0.39 is 0 Å². The maximum Gasteiger partial charge on any atom is 0.0936 e. The second-order valence-electron chi connectivity index (χ2n) is 6.87. The molecule has 3 nitrogen and oxygen atoms in total. The van der Waals surface area contributed by atoms with Gasteiger partial charge in [0.2, 0.25) is 0 Å². The fourth-order valence-corrected chi connectivity index (χ4v) is 4.13. The Labute approximate surface area is 112 Å². The largest absolute Gasteiger partial charge is 0.382 e. The minimum absolute atomic E-state index is 0.178. The van der Waals surface area contributed by atoms with Crippen LogP contribution in [0.1, 0.15) is 40.0 Å². The quantitative estimate of drug-likeness (QED) is 0.791. The molecule has 0 amide bonds. The van der Waals surface area contributed by atoms with Crippen LogP contribution in [0.4, 0.5) is 0 Å². The van der Waals surface area contributed by atoms with E-state index >= 15 is 0 Å². The first-order chi connectivity index (χ1) is 8.45. The lowest BCUT2D eigenvalue weighted by atomic mass is 9.70. The Morgan fingerprint density at radius 1 is 1.33 bits per heavy atom. The molecule has 1 N–H and O–H groups in total. The first kappa shape index (κ1) is 14.3. The zero-order chi connectivity index (χ0) is 13.4. The lowest BCUT2D eigenvalue weighted by molar-refractivity contribution is -0.103. The van der Waals surface area contributed by atoms with Gasteiger partial charge in [-0.2, -0.15) is 0 Å². The third-order valence-corrected chi connectivity index (χ3v) is 5.86. The van der Waals surface area contributed by atoms with Crippen LogP contribution in [0.15, 0.2) is 0 Å². The summed E-state index contributed by atoms with van der Waals surface area (Å²) in [5.41, 5.74) is 0.770. The van der Waals surface area contributed by atoms with E-state index in [1.54, 1.807) is 7.11 Å². The smallest absolute Gasteiger partial charge is 0.0936 e. The summed E-state index contributed by atoms with van der Waals surface area (Å²) in [6, 6.07) is 0. The summed E-state index contributed by atoms with van der Waals surface area (Å²) in [5.74, 6) is 0.838. The second kappa shape index (κ2) is 5.10. The number of fused-ring (bicyclic) bond motifs is 2. The van der Waals surface area contributed by atoms with Crippen LogP contribution in [-0.2, 0) is 9.47 Å². The first-order valence-electron chi connectivity index (χ1n) is 7.24. The average Bonchev–Trinajstić information content (AvgIpc) is 2.63.